The largest absolute Gasteiger partial charge is 0.328 e. The van der Waals surface area contributed by atoms with Crippen molar-refractivity contribution in [2.45, 2.75) is 65.1 Å². The molecule has 0 aromatic carbocycles. The summed E-state index contributed by atoms with van der Waals surface area (Å²) in [6, 6.07) is 1.77. The maximum absolute atomic E-state index is 6.10. The Morgan fingerprint density at radius 1 is 1.21 bits per heavy atom. The molecule has 1 rings (SSSR count). The molecule has 0 amide bonds. The molecule has 2 atom stereocenters. The fourth-order valence-electron chi connectivity index (χ4n) is 2.56. The minimum absolute atomic E-state index is 0.422. The Morgan fingerprint density at radius 3 is 2.36 bits per heavy atom. The first-order valence-electron chi connectivity index (χ1n) is 6.03. The van der Waals surface area contributed by atoms with Gasteiger partial charge in [0.05, 0.1) is 0 Å². The maximum Gasteiger partial charge on any atom is 0.0136 e. The zero-order valence-electron chi connectivity index (χ0n) is 10.2. The third-order valence-corrected chi connectivity index (χ3v) is 3.39. The van der Waals surface area contributed by atoms with Gasteiger partial charge in [-0.25, -0.2) is 0 Å². The van der Waals surface area contributed by atoms with Crippen LogP contribution in [-0.2, 0) is 0 Å². The van der Waals surface area contributed by atoms with Crippen LogP contribution in [0.2, 0.25) is 0 Å². The molecule has 1 aliphatic heterocycles. The van der Waals surface area contributed by atoms with Gasteiger partial charge in [0.2, 0.25) is 0 Å². The second-order valence-electron chi connectivity index (χ2n) is 5.28. The van der Waals surface area contributed by atoms with Crippen molar-refractivity contribution < 1.29 is 0 Å². The number of likely N-dealkylation sites (tertiary alicyclic amines) is 1. The highest BCUT2D eigenvalue weighted by atomic mass is 15.2. The van der Waals surface area contributed by atoms with Crippen molar-refractivity contribution in [1.29, 1.82) is 0 Å². The summed E-state index contributed by atoms with van der Waals surface area (Å²) in [5, 5.41) is 0. The molecular formula is C12H26N2. The van der Waals surface area contributed by atoms with Gasteiger partial charge in [-0.05, 0) is 45.6 Å². The lowest BCUT2D eigenvalue weighted by Gasteiger charge is -2.36. The average Bonchev–Trinajstić information content (AvgIpc) is 2.26. The van der Waals surface area contributed by atoms with E-state index in [1.165, 1.54) is 25.8 Å². The van der Waals surface area contributed by atoms with Crippen molar-refractivity contribution in [1.82, 2.24) is 4.90 Å². The van der Waals surface area contributed by atoms with E-state index < -0.39 is 0 Å². The van der Waals surface area contributed by atoms with E-state index in [1.807, 2.05) is 0 Å². The van der Waals surface area contributed by atoms with Gasteiger partial charge in [-0.2, -0.15) is 0 Å². The quantitative estimate of drug-likeness (QED) is 0.737. The smallest absolute Gasteiger partial charge is 0.0136 e. The topological polar surface area (TPSA) is 29.3 Å². The van der Waals surface area contributed by atoms with Crippen LogP contribution in [0.15, 0.2) is 0 Å². The van der Waals surface area contributed by atoms with Gasteiger partial charge in [0.25, 0.3) is 0 Å². The summed E-state index contributed by atoms with van der Waals surface area (Å²) in [6.45, 7) is 10.5. The van der Waals surface area contributed by atoms with Crippen LogP contribution < -0.4 is 5.73 Å². The fourth-order valence-corrected chi connectivity index (χ4v) is 2.56. The molecule has 2 nitrogen and oxygen atoms in total. The minimum atomic E-state index is 0.422. The van der Waals surface area contributed by atoms with E-state index in [0.29, 0.717) is 18.1 Å². The van der Waals surface area contributed by atoms with Crippen molar-refractivity contribution in [3.63, 3.8) is 0 Å². The number of hydrogen-bond donors (Lipinski definition) is 1. The molecule has 1 aliphatic rings. The molecule has 0 bridgehead atoms. The molecule has 0 saturated carbocycles. The number of nitrogens with two attached hydrogens (primary N) is 1. The van der Waals surface area contributed by atoms with Gasteiger partial charge in [-0.3, -0.25) is 4.90 Å². The van der Waals surface area contributed by atoms with Crippen molar-refractivity contribution in [3.8, 4) is 0 Å². The van der Waals surface area contributed by atoms with Crippen LogP contribution in [0.3, 0.4) is 0 Å². The molecule has 0 spiro atoms. The van der Waals surface area contributed by atoms with E-state index in [-0.39, 0.29) is 0 Å². The normalized spacial score (nSPS) is 31.1. The Hall–Kier alpha value is -0.0800. The van der Waals surface area contributed by atoms with Gasteiger partial charge < -0.3 is 5.73 Å². The number of hydrogen-bond acceptors (Lipinski definition) is 2. The zero-order valence-corrected chi connectivity index (χ0v) is 10.2. The second kappa shape index (κ2) is 5.13. The van der Waals surface area contributed by atoms with Crippen molar-refractivity contribution in [2.24, 2.45) is 11.7 Å². The van der Waals surface area contributed by atoms with Crippen molar-refractivity contribution in [3.05, 3.63) is 0 Å². The highest BCUT2D eigenvalue weighted by Crippen LogP contribution is 2.23. The van der Waals surface area contributed by atoms with Crippen LogP contribution in [0, 0.1) is 5.92 Å². The molecule has 2 N–H and O–H groups in total. The Balaban J connectivity index is 2.69. The molecule has 1 fully saturated rings. The van der Waals surface area contributed by atoms with Gasteiger partial charge in [-0.1, -0.05) is 13.8 Å². The molecule has 2 heteroatoms. The second-order valence-corrected chi connectivity index (χ2v) is 5.28. The minimum Gasteiger partial charge on any atom is -0.328 e. The molecule has 14 heavy (non-hydrogen) atoms. The highest BCUT2D eigenvalue weighted by Gasteiger charge is 2.28. The standard InChI is InChI=1S/C12H26N2/c1-9(2)12-8-11(13)6-5-7-14(12)10(3)4/h9-12H,5-8,13H2,1-4H3. The van der Waals surface area contributed by atoms with Crippen LogP contribution >= 0.6 is 0 Å². The van der Waals surface area contributed by atoms with Crippen LogP contribution in [0.4, 0.5) is 0 Å². The highest BCUT2D eigenvalue weighted by molar-refractivity contribution is 4.84. The third kappa shape index (κ3) is 2.96. The van der Waals surface area contributed by atoms with Gasteiger partial charge in [0, 0.05) is 18.1 Å². The molecule has 1 saturated heterocycles. The molecule has 1 heterocycles. The monoisotopic (exact) mass is 198 g/mol. The predicted molar refractivity (Wildman–Crippen MR) is 62.3 cm³/mol. The van der Waals surface area contributed by atoms with Gasteiger partial charge in [0.1, 0.15) is 0 Å². The van der Waals surface area contributed by atoms with Crippen molar-refractivity contribution >= 4 is 0 Å². The lowest BCUT2D eigenvalue weighted by molar-refractivity contribution is 0.119. The molecule has 0 aromatic rings. The summed E-state index contributed by atoms with van der Waals surface area (Å²) in [5.74, 6) is 0.724. The van der Waals surface area contributed by atoms with Gasteiger partial charge in [0.15, 0.2) is 0 Å². The summed E-state index contributed by atoms with van der Waals surface area (Å²) in [7, 11) is 0. The van der Waals surface area contributed by atoms with Crippen LogP contribution in [-0.4, -0.2) is 29.6 Å². The van der Waals surface area contributed by atoms with E-state index >= 15 is 0 Å². The van der Waals surface area contributed by atoms with E-state index in [2.05, 4.69) is 32.6 Å². The van der Waals surface area contributed by atoms with Gasteiger partial charge in [-0.15, -0.1) is 0 Å². The Morgan fingerprint density at radius 2 is 1.86 bits per heavy atom. The summed E-state index contributed by atoms with van der Waals surface area (Å²) < 4.78 is 0. The lowest BCUT2D eigenvalue weighted by Crippen LogP contribution is -2.44. The Labute approximate surface area is 88.8 Å². The Bertz CT molecular complexity index is 166. The number of rotatable bonds is 2. The molecule has 0 aliphatic carbocycles. The van der Waals surface area contributed by atoms with Crippen LogP contribution in [0.1, 0.15) is 47.0 Å². The molecule has 2 unspecified atom stereocenters. The molecule has 0 radical (unpaired) electrons. The number of nitrogens with zero attached hydrogens (tertiary/aromatic N) is 1. The van der Waals surface area contributed by atoms with E-state index in [9.17, 15) is 0 Å². The summed E-state index contributed by atoms with van der Waals surface area (Å²) in [6.07, 6.45) is 3.64. The van der Waals surface area contributed by atoms with Crippen LogP contribution in [0.25, 0.3) is 0 Å². The lowest BCUT2D eigenvalue weighted by atomic mass is 9.95. The van der Waals surface area contributed by atoms with Gasteiger partial charge >= 0.3 is 0 Å². The van der Waals surface area contributed by atoms with Crippen LogP contribution in [0.5, 0.6) is 0 Å². The first-order valence-corrected chi connectivity index (χ1v) is 6.03. The summed E-state index contributed by atoms with van der Waals surface area (Å²) >= 11 is 0. The SMILES string of the molecule is CC(C)C1CC(N)CCCN1C(C)C. The fraction of sp³-hybridized carbons (Fsp3) is 1.00. The molecule has 0 aromatic heterocycles. The predicted octanol–water partition coefficient (Wildman–Crippen LogP) is 2.23. The summed E-state index contributed by atoms with van der Waals surface area (Å²) in [4.78, 5) is 2.64. The van der Waals surface area contributed by atoms with Crippen molar-refractivity contribution in [2.75, 3.05) is 6.54 Å². The molecule has 84 valence electrons. The van der Waals surface area contributed by atoms with E-state index in [4.69, 9.17) is 5.73 Å². The first-order chi connectivity index (χ1) is 6.52. The van der Waals surface area contributed by atoms with E-state index in [1.54, 1.807) is 0 Å². The first kappa shape index (κ1) is 12.0. The van der Waals surface area contributed by atoms with E-state index in [0.717, 1.165) is 5.92 Å². The third-order valence-electron chi connectivity index (χ3n) is 3.39. The zero-order chi connectivity index (χ0) is 10.7. The maximum atomic E-state index is 6.10. The average molecular weight is 198 g/mol. The summed E-state index contributed by atoms with van der Waals surface area (Å²) in [5.41, 5.74) is 6.10. The Kier molecular flexibility index (Phi) is 4.39. The molecular weight excluding hydrogens is 172 g/mol.